The third kappa shape index (κ3) is 4.23. The minimum Gasteiger partial charge on any atom is -0.497 e. The highest BCUT2D eigenvalue weighted by molar-refractivity contribution is 7.92. The van der Waals surface area contributed by atoms with Crippen LogP contribution in [0.15, 0.2) is 83.8 Å². The Bertz CT molecular complexity index is 1300. The van der Waals surface area contributed by atoms with Crippen LogP contribution in [-0.4, -0.2) is 22.1 Å². The van der Waals surface area contributed by atoms with Crippen molar-refractivity contribution in [2.75, 3.05) is 23.8 Å². The lowest BCUT2D eigenvalue weighted by molar-refractivity contribution is 0.340. The summed E-state index contributed by atoms with van der Waals surface area (Å²) in [4.78, 5) is 0.252. The van der Waals surface area contributed by atoms with Gasteiger partial charge in [-0.2, -0.15) is 0 Å². The Morgan fingerprint density at radius 2 is 1.74 bits per heavy atom. The summed E-state index contributed by atoms with van der Waals surface area (Å²) in [5.41, 5.74) is 3.67. The van der Waals surface area contributed by atoms with E-state index < -0.39 is 10.0 Å². The summed E-state index contributed by atoms with van der Waals surface area (Å²) < 4.78 is 39.6. The van der Waals surface area contributed by atoms with Gasteiger partial charge in [0.05, 0.1) is 24.7 Å². The SMILES string of the molecule is CCOc1ccc(C2Nc3ccc(S(=O)(=O)Nc4ccc(OC)cc4)cc3C3C=CCC32)cc1. The van der Waals surface area contributed by atoms with E-state index in [9.17, 15) is 8.42 Å². The lowest BCUT2D eigenvalue weighted by atomic mass is 9.77. The number of hydrogen-bond donors (Lipinski definition) is 2. The minimum atomic E-state index is -3.73. The molecule has 1 heterocycles. The quantitative estimate of drug-likeness (QED) is 0.427. The zero-order valence-electron chi connectivity index (χ0n) is 19.2. The highest BCUT2D eigenvalue weighted by Crippen LogP contribution is 2.50. The summed E-state index contributed by atoms with van der Waals surface area (Å²) >= 11 is 0. The molecular weight excluding hydrogens is 448 g/mol. The highest BCUT2D eigenvalue weighted by Gasteiger charge is 2.38. The van der Waals surface area contributed by atoms with E-state index >= 15 is 0 Å². The van der Waals surface area contributed by atoms with Crippen molar-refractivity contribution in [2.45, 2.75) is 30.2 Å². The van der Waals surface area contributed by atoms with Gasteiger partial charge in [-0.15, -0.1) is 0 Å². The maximum absolute atomic E-state index is 13.1. The molecular formula is C27H28N2O4S. The Balaban J connectivity index is 1.42. The molecule has 0 fully saturated rings. The molecule has 176 valence electrons. The minimum absolute atomic E-state index is 0.142. The van der Waals surface area contributed by atoms with Crippen molar-refractivity contribution in [3.63, 3.8) is 0 Å². The summed E-state index contributed by atoms with van der Waals surface area (Å²) in [6.45, 7) is 2.62. The van der Waals surface area contributed by atoms with Gasteiger partial charge < -0.3 is 14.8 Å². The van der Waals surface area contributed by atoms with Gasteiger partial charge in [0.15, 0.2) is 0 Å². The molecule has 0 spiro atoms. The Morgan fingerprint density at radius 1 is 1.00 bits per heavy atom. The molecule has 6 nitrogen and oxygen atoms in total. The predicted octanol–water partition coefficient (Wildman–Crippen LogP) is 5.72. The second-order valence-corrected chi connectivity index (χ2v) is 10.2. The van der Waals surface area contributed by atoms with E-state index in [1.807, 2.05) is 25.1 Å². The molecule has 2 N–H and O–H groups in total. The van der Waals surface area contributed by atoms with Crippen LogP contribution < -0.4 is 19.5 Å². The molecule has 0 saturated carbocycles. The molecule has 0 radical (unpaired) electrons. The Kier molecular flexibility index (Phi) is 5.96. The second-order valence-electron chi connectivity index (χ2n) is 8.56. The van der Waals surface area contributed by atoms with Crippen molar-refractivity contribution < 1.29 is 17.9 Å². The number of anilines is 2. The molecule has 3 unspecified atom stereocenters. The van der Waals surface area contributed by atoms with E-state index in [4.69, 9.17) is 9.47 Å². The number of rotatable bonds is 7. The third-order valence-electron chi connectivity index (χ3n) is 6.54. The fourth-order valence-corrected chi connectivity index (χ4v) is 5.97. The van der Waals surface area contributed by atoms with Gasteiger partial charge in [0.2, 0.25) is 0 Å². The monoisotopic (exact) mass is 476 g/mol. The normalized spacial score (nSPS) is 20.7. The average molecular weight is 477 g/mol. The van der Waals surface area contributed by atoms with E-state index in [0.717, 1.165) is 23.4 Å². The van der Waals surface area contributed by atoms with E-state index in [1.54, 1.807) is 43.5 Å². The lowest BCUT2D eigenvalue weighted by Crippen LogP contribution is -2.29. The molecule has 1 aliphatic heterocycles. The van der Waals surface area contributed by atoms with E-state index in [1.165, 1.54) is 5.56 Å². The molecule has 1 aliphatic carbocycles. The van der Waals surface area contributed by atoms with Gasteiger partial charge in [-0.05, 0) is 85.0 Å². The van der Waals surface area contributed by atoms with Gasteiger partial charge in [-0.1, -0.05) is 24.3 Å². The number of allylic oxidation sites excluding steroid dienone is 2. The van der Waals surface area contributed by atoms with E-state index in [-0.39, 0.29) is 16.9 Å². The summed E-state index contributed by atoms with van der Waals surface area (Å²) in [7, 11) is -2.15. The van der Waals surface area contributed by atoms with Crippen molar-refractivity contribution in [3.8, 4) is 11.5 Å². The number of sulfonamides is 1. The maximum Gasteiger partial charge on any atom is 0.261 e. The first-order valence-electron chi connectivity index (χ1n) is 11.5. The molecule has 3 aromatic rings. The van der Waals surface area contributed by atoms with Crippen LogP contribution in [0.1, 0.15) is 36.4 Å². The van der Waals surface area contributed by atoms with E-state index in [2.05, 4.69) is 34.3 Å². The molecule has 0 aromatic heterocycles. The number of ether oxygens (including phenoxy) is 2. The summed E-state index contributed by atoms with van der Waals surface area (Å²) in [5.74, 6) is 2.01. The molecule has 0 saturated heterocycles. The zero-order valence-corrected chi connectivity index (χ0v) is 20.0. The smallest absolute Gasteiger partial charge is 0.261 e. The van der Waals surface area contributed by atoms with Crippen LogP contribution in [0.25, 0.3) is 0 Å². The van der Waals surface area contributed by atoms with Crippen molar-refractivity contribution >= 4 is 21.4 Å². The average Bonchev–Trinajstić information content (AvgIpc) is 3.35. The molecule has 3 atom stereocenters. The third-order valence-corrected chi connectivity index (χ3v) is 7.92. The van der Waals surface area contributed by atoms with Crippen LogP contribution in [0, 0.1) is 5.92 Å². The number of benzene rings is 3. The largest absolute Gasteiger partial charge is 0.497 e. The zero-order chi connectivity index (χ0) is 23.7. The first-order valence-corrected chi connectivity index (χ1v) is 12.9. The van der Waals surface area contributed by atoms with Gasteiger partial charge in [0.25, 0.3) is 10.0 Å². The predicted molar refractivity (Wildman–Crippen MR) is 134 cm³/mol. The first-order chi connectivity index (χ1) is 16.5. The van der Waals surface area contributed by atoms with Crippen LogP contribution in [0.5, 0.6) is 11.5 Å². The van der Waals surface area contributed by atoms with Crippen molar-refractivity contribution in [3.05, 3.63) is 90.0 Å². The molecule has 2 aliphatic rings. The molecule has 0 amide bonds. The maximum atomic E-state index is 13.1. The summed E-state index contributed by atoms with van der Waals surface area (Å²) in [5, 5.41) is 3.67. The number of methoxy groups -OCH3 is 1. The summed E-state index contributed by atoms with van der Waals surface area (Å²) in [6.07, 6.45) is 5.35. The van der Waals surface area contributed by atoms with Crippen LogP contribution in [0.4, 0.5) is 11.4 Å². The Hall–Kier alpha value is -3.45. The Morgan fingerprint density at radius 3 is 2.44 bits per heavy atom. The highest BCUT2D eigenvalue weighted by atomic mass is 32.2. The molecule has 7 heteroatoms. The summed E-state index contributed by atoms with van der Waals surface area (Å²) in [6, 6.07) is 20.5. The van der Waals surface area contributed by atoms with Crippen LogP contribution in [-0.2, 0) is 10.0 Å². The topological polar surface area (TPSA) is 76.7 Å². The number of hydrogen-bond acceptors (Lipinski definition) is 5. The fraction of sp³-hybridized carbons (Fsp3) is 0.259. The molecule has 3 aromatic carbocycles. The van der Waals surface area contributed by atoms with Crippen LogP contribution in [0.3, 0.4) is 0 Å². The number of nitrogens with one attached hydrogen (secondary N) is 2. The van der Waals surface area contributed by atoms with Gasteiger partial charge >= 0.3 is 0 Å². The van der Waals surface area contributed by atoms with Gasteiger partial charge in [0.1, 0.15) is 11.5 Å². The van der Waals surface area contributed by atoms with Crippen molar-refractivity contribution in [1.82, 2.24) is 0 Å². The molecule has 34 heavy (non-hydrogen) atoms. The van der Waals surface area contributed by atoms with Crippen LogP contribution >= 0.6 is 0 Å². The van der Waals surface area contributed by atoms with Gasteiger partial charge in [0, 0.05) is 17.3 Å². The first kappa shape index (κ1) is 22.3. The van der Waals surface area contributed by atoms with Gasteiger partial charge in [-0.3, -0.25) is 4.72 Å². The molecule has 0 bridgehead atoms. The van der Waals surface area contributed by atoms with E-state index in [0.29, 0.717) is 24.0 Å². The van der Waals surface area contributed by atoms with Crippen LogP contribution in [0.2, 0.25) is 0 Å². The molecule has 5 rings (SSSR count). The van der Waals surface area contributed by atoms with Gasteiger partial charge in [-0.25, -0.2) is 8.42 Å². The second kappa shape index (κ2) is 9.06. The Labute approximate surface area is 200 Å². The standard InChI is InChI=1S/C27H28N2O4S/c1-3-33-21-11-7-18(8-12-21)27-24-6-4-5-23(24)25-17-22(15-16-26(25)28-27)34(30,31)29-19-9-13-20(32-2)14-10-19/h4-5,7-17,23-24,27-29H,3,6H2,1-2H3. The lowest BCUT2D eigenvalue weighted by Gasteiger charge is -2.37. The fourth-order valence-electron chi connectivity index (χ4n) is 4.88. The van der Waals surface area contributed by atoms with Crippen molar-refractivity contribution in [2.24, 2.45) is 5.92 Å². The van der Waals surface area contributed by atoms with Crippen molar-refractivity contribution in [1.29, 1.82) is 0 Å². The number of fused-ring (bicyclic) bond motifs is 3.